The molecule has 0 bridgehead atoms. The maximum absolute atomic E-state index is 5.47. The normalized spacial score (nSPS) is 21.6. The molecular formula is C15H25N5. The van der Waals surface area contributed by atoms with Crippen molar-refractivity contribution < 1.29 is 0 Å². The number of hydrogen-bond acceptors (Lipinski definition) is 4. The van der Waals surface area contributed by atoms with Gasteiger partial charge in [0, 0.05) is 17.3 Å². The largest absolute Gasteiger partial charge is 0.388 e. The second kappa shape index (κ2) is 6.59. The summed E-state index contributed by atoms with van der Waals surface area (Å²) in [5.74, 6) is 1.61. The predicted octanol–water partition coefficient (Wildman–Crippen LogP) is 2.68. The minimum atomic E-state index is 0.509. The zero-order valence-electron chi connectivity index (χ0n) is 12.5. The van der Waals surface area contributed by atoms with Crippen LogP contribution in [0.15, 0.2) is 33.9 Å². The maximum Gasteiger partial charge on any atom is 0.148 e. The summed E-state index contributed by atoms with van der Waals surface area (Å²) in [4.78, 5) is 4.46. The average molecular weight is 275 g/mol. The zero-order valence-corrected chi connectivity index (χ0v) is 12.5. The molecule has 1 aliphatic carbocycles. The fraction of sp³-hybridized carbons (Fsp3) is 0.600. The van der Waals surface area contributed by atoms with Gasteiger partial charge in [-0.3, -0.25) is 0 Å². The molecule has 0 amide bonds. The van der Waals surface area contributed by atoms with Gasteiger partial charge in [-0.15, -0.1) is 0 Å². The van der Waals surface area contributed by atoms with Gasteiger partial charge in [-0.2, -0.15) is 10.1 Å². The third kappa shape index (κ3) is 3.03. The summed E-state index contributed by atoms with van der Waals surface area (Å²) in [6.45, 7) is 8.13. The van der Waals surface area contributed by atoms with Crippen molar-refractivity contribution in [3.63, 3.8) is 0 Å². The van der Waals surface area contributed by atoms with E-state index in [2.05, 4.69) is 28.9 Å². The summed E-state index contributed by atoms with van der Waals surface area (Å²) in [5.41, 5.74) is 7.67. The molecule has 0 radical (unpaired) electrons. The van der Waals surface area contributed by atoms with E-state index in [9.17, 15) is 0 Å². The molecule has 5 nitrogen and oxygen atoms in total. The molecule has 0 unspecified atom stereocenters. The summed E-state index contributed by atoms with van der Waals surface area (Å²) in [7, 11) is 0. The Labute approximate surface area is 121 Å². The van der Waals surface area contributed by atoms with E-state index >= 15 is 0 Å². The molecule has 0 atom stereocenters. The number of allylic oxidation sites excluding steroid dienone is 1. The Morgan fingerprint density at radius 1 is 1.45 bits per heavy atom. The Kier molecular flexibility index (Phi) is 4.82. The highest BCUT2D eigenvalue weighted by atomic mass is 15.5. The van der Waals surface area contributed by atoms with Crippen molar-refractivity contribution in [3.05, 3.63) is 23.8 Å². The lowest BCUT2D eigenvalue weighted by molar-refractivity contribution is 0.332. The molecule has 2 rings (SSSR count). The third-order valence-corrected chi connectivity index (χ3v) is 3.96. The number of nitrogens with two attached hydrogens (primary N) is 1. The summed E-state index contributed by atoms with van der Waals surface area (Å²) in [6, 6.07) is 0.509. The van der Waals surface area contributed by atoms with Crippen LogP contribution in [-0.2, 0) is 0 Å². The van der Waals surface area contributed by atoms with E-state index in [0.29, 0.717) is 11.9 Å². The molecule has 1 heterocycles. The Bertz CT molecular complexity index is 455. The molecule has 2 aliphatic rings. The van der Waals surface area contributed by atoms with Crippen LogP contribution in [0.25, 0.3) is 0 Å². The third-order valence-electron chi connectivity index (χ3n) is 3.96. The minimum absolute atomic E-state index is 0.509. The number of hydrogen-bond donors (Lipinski definition) is 2. The predicted molar refractivity (Wildman–Crippen MR) is 84.1 cm³/mol. The topological polar surface area (TPSA) is 66.0 Å². The average Bonchev–Trinajstić information content (AvgIpc) is 2.44. The van der Waals surface area contributed by atoms with E-state index in [1.165, 1.54) is 44.0 Å². The molecule has 5 heteroatoms. The van der Waals surface area contributed by atoms with Gasteiger partial charge in [0.1, 0.15) is 18.0 Å². The van der Waals surface area contributed by atoms with Gasteiger partial charge in [-0.25, -0.2) is 4.99 Å². The first-order valence-corrected chi connectivity index (χ1v) is 7.46. The van der Waals surface area contributed by atoms with Crippen molar-refractivity contribution in [3.8, 4) is 0 Å². The van der Waals surface area contributed by atoms with E-state index in [0.717, 1.165) is 18.0 Å². The lowest BCUT2D eigenvalue weighted by Gasteiger charge is -2.33. The van der Waals surface area contributed by atoms with Crippen LogP contribution in [0.3, 0.4) is 0 Å². The zero-order chi connectivity index (χ0) is 14.5. The maximum atomic E-state index is 5.47. The SMILES string of the molecule is C=C1N=C(C)C(CC)=C(NC2CCCCC2)N1/N=C\N. The molecule has 0 aromatic heterocycles. The molecule has 1 saturated carbocycles. The van der Waals surface area contributed by atoms with Crippen molar-refractivity contribution in [1.82, 2.24) is 10.3 Å². The van der Waals surface area contributed by atoms with Crippen molar-refractivity contribution in [2.45, 2.75) is 58.4 Å². The quantitative estimate of drug-likeness (QED) is 0.612. The van der Waals surface area contributed by atoms with Crippen LogP contribution in [-0.4, -0.2) is 23.1 Å². The molecule has 110 valence electrons. The molecule has 0 aromatic carbocycles. The Hall–Kier alpha value is -1.78. The Morgan fingerprint density at radius 2 is 2.15 bits per heavy atom. The smallest absolute Gasteiger partial charge is 0.148 e. The van der Waals surface area contributed by atoms with Gasteiger partial charge in [0.05, 0.1) is 0 Å². The van der Waals surface area contributed by atoms with Crippen molar-refractivity contribution >= 4 is 12.1 Å². The van der Waals surface area contributed by atoms with Crippen LogP contribution in [0.4, 0.5) is 0 Å². The van der Waals surface area contributed by atoms with E-state index in [1.54, 1.807) is 5.01 Å². The van der Waals surface area contributed by atoms with Gasteiger partial charge in [-0.05, 0) is 26.2 Å². The van der Waals surface area contributed by atoms with Gasteiger partial charge in [-0.1, -0.05) is 32.8 Å². The van der Waals surface area contributed by atoms with Crippen LogP contribution in [0.2, 0.25) is 0 Å². The fourth-order valence-corrected chi connectivity index (χ4v) is 2.94. The highest BCUT2D eigenvalue weighted by Crippen LogP contribution is 2.27. The van der Waals surface area contributed by atoms with Gasteiger partial charge < -0.3 is 11.1 Å². The van der Waals surface area contributed by atoms with E-state index in [1.807, 2.05) is 6.92 Å². The standard InChI is InChI=1S/C15H25N5/c1-4-14-11(2)18-12(3)20(17-10-16)15(14)19-13-8-6-5-7-9-13/h10,13,19H,3-9H2,1-2H3,(H2,16,17). The van der Waals surface area contributed by atoms with Crippen molar-refractivity contribution in [2.75, 3.05) is 0 Å². The van der Waals surface area contributed by atoms with E-state index in [-0.39, 0.29) is 0 Å². The van der Waals surface area contributed by atoms with E-state index < -0.39 is 0 Å². The molecular weight excluding hydrogens is 250 g/mol. The van der Waals surface area contributed by atoms with Gasteiger partial charge in [0.2, 0.25) is 0 Å². The van der Waals surface area contributed by atoms with Crippen LogP contribution >= 0.6 is 0 Å². The molecule has 0 spiro atoms. The van der Waals surface area contributed by atoms with Crippen LogP contribution in [0.5, 0.6) is 0 Å². The molecule has 3 N–H and O–H groups in total. The first-order valence-electron chi connectivity index (χ1n) is 7.46. The van der Waals surface area contributed by atoms with Crippen molar-refractivity contribution in [2.24, 2.45) is 15.8 Å². The monoisotopic (exact) mass is 275 g/mol. The van der Waals surface area contributed by atoms with Gasteiger partial charge in [0.25, 0.3) is 0 Å². The van der Waals surface area contributed by atoms with Crippen LogP contribution < -0.4 is 11.1 Å². The van der Waals surface area contributed by atoms with E-state index in [4.69, 9.17) is 5.73 Å². The fourth-order valence-electron chi connectivity index (χ4n) is 2.94. The molecule has 20 heavy (non-hydrogen) atoms. The second-order valence-electron chi connectivity index (χ2n) is 5.35. The summed E-state index contributed by atoms with van der Waals surface area (Å²) in [5, 5.41) is 9.58. The number of hydrazone groups is 1. The second-order valence-corrected chi connectivity index (χ2v) is 5.35. The summed E-state index contributed by atoms with van der Waals surface area (Å²) in [6.07, 6.45) is 8.55. The number of nitrogens with one attached hydrogen (secondary N) is 1. The highest BCUT2D eigenvalue weighted by molar-refractivity contribution is 6.00. The molecule has 1 fully saturated rings. The highest BCUT2D eigenvalue weighted by Gasteiger charge is 2.25. The van der Waals surface area contributed by atoms with Gasteiger partial charge in [0.15, 0.2) is 0 Å². The van der Waals surface area contributed by atoms with Crippen molar-refractivity contribution in [1.29, 1.82) is 0 Å². The van der Waals surface area contributed by atoms with Crippen LogP contribution in [0.1, 0.15) is 52.4 Å². The number of rotatable bonds is 4. The summed E-state index contributed by atoms with van der Waals surface area (Å²) < 4.78 is 0. The first kappa shape index (κ1) is 14.6. The Morgan fingerprint density at radius 3 is 2.75 bits per heavy atom. The number of nitrogens with zero attached hydrogens (tertiary/aromatic N) is 3. The van der Waals surface area contributed by atoms with Crippen LogP contribution in [0, 0.1) is 0 Å². The summed E-state index contributed by atoms with van der Waals surface area (Å²) >= 11 is 0. The molecule has 0 aromatic rings. The molecule has 0 saturated heterocycles. The lowest BCUT2D eigenvalue weighted by Crippen LogP contribution is -2.39. The molecule has 1 aliphatic heterocycles. The first-order chi connectivity index (χ1) is 9.67. The Balaban J connectivity index is 2.28. The van der Waals surface area contributed by atoms with Gasteiger partial charge >= 0.3 is 0 Å². The minimum Gasteiger partial charge on any atom is -0.388 e. The lowest BCUT2D eigenvalue weighted by atomic mass is 9.95. The number of aliphatic imine (C=N–C) groups is 1.